The first-order chi connectivity index (χ1) is 6.99. The van der Waals surface area contributed by atoms with Crippen LogP contribution in [-0.2, 0) is 4.74 Å². The van der Waals surface area contributed by atoms with Crippen LogP contribution in [0, 0.1) is 7.14 Å². The van der Waals surface area contributed by atoms with E-state index >= 15 is 0 Å². The number of carbonyl (C=O) groups is 1. The summed E-state index contributed by atoms with van der Waals surface area (Å²) < 4.78 is 6.01. The molecule has 0 aliphatic rings. The fourth-order valence-corrected chi connectivity index (χ4v) is 2.67. The number of hydrogen-bond donors (Lipinski definition) is 2. The van der Waals surface area contributed by atoms with Crippen LogP contribution in [0.2, 0.25) is 0 Å². The van der Waals surface area contributed by atoms with Crippen LogP contribution in [0.1, 0.15) is 17.3 Å². The number of aromatic hydroxyl groups is 1. The van der Waals surface area contributed by atoms with Crippen LogP contribution in [0.4, 0.5) is 5.69 Å². The molecule has 1 aromatic rings. The molecule has 0 radical (unpaired) electrons. The van der Waals surface area contributed by atoms with Crippen LogP contribution in [0.25, 0.3) is 0 Å². The van der Waals surface area contributed by atoms with Gasteiger partial charge < -0.3 is 15.6 Å². The number of ether oxygens (including phenoxy) is 1. The van der Waals surface area contributed by atoms with Gasteiger partial charge in [-0.25, -0.2) is 4.79 Å². The molecule has 0 aliphatic heterocycles. The molecular weight excluding hydrogens is 424 g/mol. The second-order valence-corrected chi connectivity index (χ2v) is 4.94. The van der Waals surface area contributed by atoms with Gasteiger partial charge in [0.25, 0.3) is 0 Å². The smallest absolute Gasteiger partial charge is 0.341 e. The minimum Gasteiger partial charge on any atom is -0.506 e. The van der Waals surface area contributed by atoms with Crippen molar-refractivity contribution in [1.29, 1.82) is 0 Å². The predicted octanol–water partition coefficient (Wildman–Crippen LogP) is 2.36. The van der Waals surface area contributed by atoms with Crippen molar-refractivity contribution < 1.29 is 14.6 Å². The molecule has 6 heteroatoms. The summed E-state index contributed by atoms with van der Waals surface area (Å²) in [5, 5.41) is 9.71. The third kappa shape index (κ3) is 2.65. The molecule has 0 saturated heterocycles. The van der Waals surface area contributed by atoms with Gasteiger partial charge in [-0.15, -0.1) is 0 Å². The van der Waals surface area contributed by atoms with E-state index in [0.717, 1.165) is 3.57 Å². The van der Waals surface area contributed by atoms with E-state index < -0.39 is 5.97 Å². The van der Waals surface area contributed by atoms with Crippen molar-refractivity contribution in [2.75, 3.05) is 12.3 Å². The highest BCUT2D eigenvalue weighted by atomic mass is 127. The molecule has 0 unspecified atom stereocenters. The lowest BCUT2D eigenvalue weighted by molar-refractivity contribution is 0.0523. The fourth-order valence-electron chi connectivity index (χ4n) is 0.988. The lowest BCUT2D eigenvalue weighted by atomic mass is 10.2. The Bertz CT molecular complexity index is 407. The maximum absolute atomic E-state index is 11.5. The molecule has 0 saturated carbocycles. The number of phenols is 1. The highest BCUT2D eigenvalue weighted by molar-refractivity contribution is 14.1. The number of esters is 1. The van der Waals surface area contributed by atoms with Crippen molar-refractivity contribution in [3.05, 3.63) is 18.8 Å². The SMILES string of the molecule is CCOC(=O)c1cc(I)c(N)c(I)c1O. The Morgan fingerprint density at radius 1 is 1.60 bits per heavy atom. The Kier molecular flexibility index (Phi) is 4.44. The Morgan fingerprint density at radius 2 is 2.20 bits per heavy atom. The van der Waals surface area contributed by atoms with Crippen molar-refractivity contribution in [2.24, 2.45) is 0 Å². The normalized spacial score (nSPS) is 10.1. The van der Waals surface area contributed by atoms with Gasteiger partial charge in [0, 0.05) is 3.57 Å². The van der Waals surface area contributed by atoms with E-state index in [2.05, 4.69) is 0 Å². The van der Waals surface area contributed by atoms with Gasteiger partial charge in [0.2, 0.25) is 0 Å². The molecule has 0 spiro atoms. The summed E-state index contributed by atoms with van der Waals surface area (Å²) in [6, 6.07) is 1.52. The molecule has 3 N–H and O–H groups in total. The lowest BCUT2D eigenvalue weighted by Crippen LogP contribution is -2.07. The minimum atomic E-state index is -0.536. The summed E-state index contributed by atoms with van der Waals surface area (Å²) >= 11 is 3.90. The summed E-state index contributed by atoms with van der Waals surface area (Å²) in [6.07, 6.45) is 0. The molecule has 15 heavy (non-hydrogen) atoms. The lowest BCUT2D eigenvalue weighted by Gasteiger charge is -2.09. The van der Waals surface area contributed by atoms with E-state index in [4.69, 9.17) is 10.5 Å². The molecule has 0 bridgehead atoms. The summed E-state index contributed by atoms with van der Waals surface area (Å²) in [6.45, 7) is 1.98. The number of carbonyl (C=O) groups excluding carboxylic acids is 1. The highest BCUT2D eigenvalue weighted by Gasteiger charge is 2.18. The highest BCUT2D eigenvalue weighted by Crippen LogP contribution is 2.33. The van der Waals surface area contributed by atoms with Crippen LogP contribution in [-0.4, -0.2) is 17.7 Å². The van der Waals surface area contributed by atoms with Crippen molar-refractivity contribution >= 4 is 56.8 Å². The number of halogens is 2. The Hall–Kier alpha value is -0.250. The molecule has 1 rings (SSSR count). The topological polar surface area (TPSA) is 72.5 Å². The molecule has 0 aliphatic carbocycles. The fraction of sp³-hybridized carbons (Fsp3) is 0.222. The summed E-state index contributed by atoms with van der Waals surface area (Å²) in [4.78, 5) is 11.5. The molecule has 0 aromatic heterocycles. The van der Waals surface area contributed by atoms with Gasteiger partial charge >= 0.3 is 5.97 Å². The van der Waals surface area contributed by atoms with Gasteiger partial charge in [-0.05, 0) is 58.2 Å². The van der Waals surface area contributed by atoms with E-state index in [1.165, 1.54) is 6.07 Å². The average Bonchev–Trinajstić information content (AvgIpc) is 2.20. The van der Waals surface area contributed by atoms with E-state index in [0.29, 0.717) is 9.26 Å². The number of nitrogen functional groups attached to an aromatic ring is 1. The minimum absolute atomic E-state index is 0.119. The van der Waals surface area contributed by atoms with Crippen LogP contribution < -0.4 is 5.73 Å². The number of nitrogens with two attached hydrogens (primary N) is 1. The Morgan fingerprint density at radius 3 is 2.73 bits per heavy atom. The van der Waals surface area contributed by atoms with Gasteiger partial charge in [0.15, 0.2) is 0 Å². The largest absolute Gasteiger partial charge is 0.506 e. The van der Waals surface area contributed by atoms with Gasteiger partial charge in [-0.3, -0.25) is 0 Å². The number of rotatable bonds is 2. The molecule has 82 valence electrons. The second-order valence-electron chi connectivity index (χ2n) is 2.70. The van der Waals surface area contributed by atoms with Crippen LogP contribution in [0.15, 0.2) is 6.07 Å². The van der Waals surface area contributed by atoms with Gasteiger partial charge in [-0.2, -0.15) is 0 Å². The zero-order chi connectivity index (χ0) is 11.6. The summed E-state index contributed by atoms with van der Waals surface area (Å²) in [5.74, 6) is -0.655. The van der Waals surface area contributed by atoms with Crippen LogP contribution >= 0.6 is 45.2 Å². The van der Waals surface area contributed by atoms with E-state index in [1.807, 2.05) is 45.2 Å². The van der Waals surface area contributed by atoms with Crippen LogP contribution in [0.5, 0.6) is 5.75 Å². The Labute approximate surface area is 114 Å². The maximum Gasteiger partial charge on any atom is 0.341 e. The first kappa shape index (κ1) is 12.8. The standard InChI is InChI=1S/C9H9I2NO3/c1-2-15-9(14)4-3-5(10)7(12)6(11)8(4)13/h3,13H,2,12H2,1H3. The van der Waals surface area contributed by atoms with Crippen molar-refractivity contribution in [3.63, 3.8) is 0 Å². The maximum atomic E-state index is 11.5. The average molecular weight is 433 g/mol. The van der Waals surface area contributed by atoms with Gasteiger partial charge in [0.1, 0.15) is 11.3 Å². The summed E-state index contributed by atoms with van der Waals surface area (Å²) in [7, 11) is 0. The molecular formula is C9H9I2NO3. The van der Waals surface area contributed by atoms with Crippen LogP contribution in [0.3, 0.4) is 0 Å². The molecule has 0 amide bonds. The van der Waals surface area contributed by atoms with Gasteiger partial charge in [-0.1, -0.05) is 0 Å². The number of phenolic OH excluding ortho intramolecular Hbond substituents is 1. The van der Waals surface area contributed by atoms with Crippen molar-refractivity contribution in [3.8, 4) is 5.75 Å². The molecule has 0 atom stereocenters. The van der Waals surface area contributed by atoms with E-state index in [-0.39, 0.29) is 17.9 Å². The third-order valence-electron chi connectivity index (χ3n) is 1.72. The monoisotopic (exact) mass is 433 g/mol. The first-order valence-electron chi connectivity index (χ1n) is 4.12. The molecule has 0 fully saturated rings. The van der Waals surface area contributed by atoms with Crippen molar-refractivity contribution in [2.45, 2.75) is 6.92 Å². The summed E-state index contributed by atoms with van der Waals surface area (Å²) in [5.41, 5.74) is 6.33. The molecule has 1 aromatic carbocycles. The van der Waals surface area contributed by atoms with E-state index in [1.54, 1.807) is 6.92 Å². The van der Waals surface area contributed by atoms with Gasteiger partial charge in [0.05, 0.1) is 15.9 Å². The molecule has 0 heterocycles. The quantitative estimate of drug-likeness (QED) is 0.427. The number of benzene rings is 1. The predicted molar refractivity (Wildman–Crippen MR) is 73.9 cm³/mol. The zero-order valence-electron chi connectivity index (χ0n) is 7.88. The third-order valence-corrected chi connectivity index (χ3v) is 3.71. The van der Waals surface area contributed by atoms with E-state index in [9.17, 15) is 9.90 Å². The van der Waals surface area contributed by atoms with Crippen molar-refractivity contribution in [1.82, 2.24) is 0 Å². The zero-order valence-corrected chi connectivity index (χ0v) is 12.2. The number of anilines is 1. The number of hydrogen-bond acceptors (Lipinski definition) is 4. The molecule has 4 nitrogen and oxygen atoms in total. The Balaban J connectivity index is 3.26. The second kappa shape index (κ2) is 5.19. The first-order valence-corrected chi connectivity index (χ1v) is 6.28.